The van der Waals surface area contributed by atoms with E-state index in [1.807, 2.05) is 38.1 Å². The van der Waals surface area contributed by atoms with Gasteiger partial charge in [0.25, 0.3) is 0 Å². The molecule has 0 bridgehead atoms. The van der Waals surface area contributed by atoms with Crippen molar-refractivity contribution in [2.75, 3.05) is 6.61 Å². The van der Waals surface area contributed by atoms with E-state index >= 15 is 0 Å². The topological polar surface area (TPSA) is 49.4 Å². The van der Waals surface area contributed by atoms with Crippen LogP contribution in [0.3, 0.4) is 0 Å². The SMILES string of the molecule is CC1(C)O[C@H]2O[C@@H]3[C@H](OCc4ccccc4)C[C@H]4CON(Cc5ccccc5)[C@]43[C@H]2O1. The first-order valence-corrected chi connectivity index (χ1v) is 11.2. The second-order valence-corrected chi connectivity index (χ2v) is 9.45. The van der Waals surface area contributed by atoms with Crippen LogP contribution in [-0.2, 0) is 36.9 Å². The quantitative estimate of drug-likeness (QED) is 0.732. The van der Waals surface area contributed by atoms with E-state index in [1.54, 1.807) is 0 Å². The maximum absolute atomic E-state index is 6.52. The largest absolute Gasteiger partial charge is 0.371 e. The van der Waals surface area contributed by atoms with E-state index in [9.17, 15) is 0 Å². The zero-order valence-electron chi connectivity index (χ0n) is 18.0. The molecule has 3 aliphatic heterocycles. The molecule has 3 heterocycles. The maximum atomic E-state index is 6.52. The first-order valence-electron chi connectivity index (χ1n) is 11.2. The molecule has 0 amide bonds. The average molecular weight is 424 g/mol. The third kappa shape index (κ3) is 3.17. The Morgan fingerprint density at radius 3 is 2.39 bits per heavy atom. The summed E-state index contributed by atoms with van der Waals surface area (Å²) in [5.41, 5.74) is 1.94. The van der Waals surface area contributed by atoms with Crippen LogP contribution in [0.4, 0.5) is 0 Å². The fraction of sp³-hybridized carbons (Fsp3) is 0.520. The second kappa shape index (κ2) is 7.37. The van der Waals surface area contributed by atoms with Gasteiger partial charge in [-0.05, 0) is 31.4 Å². The highest BCUT2D eigenvalue weighted by molar-refractivity contribution is 5.24. The number of hydrogen-bond acceptors (Lipinski definition) is 6. The summed E-state index contributed by atoms with van der Waals surface area (Å²) in [6, 6.07) is 20.7. The van der Waals surface area contributed by atoms with Crippen LogP contribution < -0.4 is 0 Å². The van der Waals surface area contributed by atoms with Crippen molar-refractivity contribution in [1.82, 2.24) is 5.06 Å². The molecule has 4 fully saturated rings. The summed E-state index contributed by atoms with van der Waals surface area (Å²) in [5.74, 6) is -0.418. The molecule has 0 N–H and O–H groups in total. The molecule has 1 aliphatic carbocycles. The molecule has 1 saturated carbocycles. The van der Waals surface area contributed by atoms with Crippen LogP contribution in [-0.4, -0.2) is 47.6 Å². The summed E-state index contributed by atoms with van der Waals surface area (Å²) in [7, 11) is 0. The van der Waals surface area contributed by atoms with Crippen LogP contribution in [0.25, 0.3) is 0 Å². The van der Waals surface area contributed by atoms with E-state index in [-0.39, 0.29) is 24.2 Å². The van der Waals surface area contributed by atoms with Gasteiger partial charge in [-0.25, -0.2) is 0 Å². The number of benzene rings is 2. The van der Waals surface area contributed by atoms with Crippen LogP contribution in [0, 0.1) is 5.92 Å². The zero-order valence-corrected chi connectivity index (χ0v) is 18.0. The Labute approximate surface area is 182 Å². The molecule has 3 saturated heterocycles. The summed E-state index contributed by atoms with van der Waals surface area (Å²) in [6.07, 6.45) is 0.0574. The van der Waals surface area contributed by atoms with Gasteiger partial charge in [0.05, 0.1) is 19.3 Å². The monoisotopic (exact) mass is 423 g/mol. The molecular formula is C25H29NO5. The van der Waals surface area contributed by atoms with Crippen molar-refractivity contribution in [2.24, 2.45) is 5.92 Å². The van der Waals surface area contributed by atoms with Gasteiger partial charge in [0.15, 0.2) is 12.1 Å². The summed E-state index contributed by atoms with van der Waals surface area (Å²) < 4.78 is 25.5. The van der Waals surface area contributed by atoms with Gasteiger partial charge in [-0.3, -0.25) is 4.84 Å². The molecular weight excluding hydrogens is 394 g/mol. The summed E-state index contributed by atoms with van der Waals surface area (Å²) in [4.78, 5) is 6.28. The lowest BCUT2D eigenvalue weighted by Gasteiger charge is -2.40. The minimum absolute atomic E-state index is 0.0340. The number of rotatable bonds is 5. The van der Waals surface area contributed by atoms with Crippen LogP contribution in [0.1, 0.15) is 31.4 Å². The van der Waals surface area contributed by atoms with Crippen molar-refractivity contribution in [1.29, 1.82) is 0 Å². The minimum Gasteiger partial charge on any atom is -0.371 e. The van der Waals surface area contributed by atoms with Crippen molar-refractivity contribution in [3.8, 4) is 0 Å². The summed E-state index contributed by atoms with van der Waals surface area (Å²) in [5, 5.41) is 2.11. The maximum Gasteiger partial charge on any atom is 0.189 e. The van der Waals surface area contributed by atoms with Crippen molar-refractivity contribution >= 4 is 0 Å². The van der Waals surface area contributed by atoms with Crippen molar-refractivity contribution < 1.29 is 23.8 Å². The van der Waals surface area contributed by atoms with Gasteiger partial charge in [0, 0.05) is 12.5 Å². The standard InChI is InChI=1S/C25H29NO5/c1-24(2)30-22-23(31-24)29-21-20(27-15-18-11-7-4-8-12-18)13-19-16-28-26(25(19,21)22)14-17-9-5-3-6-10-17/h3-12,19-23H,13-16H2,1-2H3/t19-,20+,21+,22-,23+,25+/m0/s1. The zero-order chi connectivity index (χ0) is 21.1. The third-order valence-electron chi connectivity index (χ3n) is 7.10. The third-order valence-corrected chi connectivity index (χ3v) is 7.10. The van der Waals surface area contributed by atoms with Gasteiger partial charge in [0.1, 0.15) is 17.7 Å². The van der Waals surface area contributed by atoms with Crippen LogP contribution in [0.5, 0.6) is 0 Å². The van der Waals surface area contributed by atoms with Crippen molar-refractivity contribution in [3.05, 3.63) is 71.8 Å². The molecule has 6 nitrogen and oxygen atoms in total. The van der Waals surface area contributed by atoms with E-state index in [1.165, 1.54) is 5.56 Å². The molecule has 6 heteroatoms. The summed E-state index contributed by atoms with van der Waals surface area (Å²) >= 11 is 0. The highest BCUT2D eigenvalue weighted by atomic mass is 16.8. The first-order chi connectivity index (χ1) is 15.1. The van der Waals surface area contributed by atoms with Crippen molar-refractivity contribution in [3.63, 3.8) is 0 Å². The molecule has 2 aromatic rings. The van der Waals surface area contributed by atoms with Gasteiger partial charge < -0.3 is 18.9 Å². The van der Waals surface area contributed by atoms with Gasteiger partial charge in [0.2, 0.25) is 0 Å². The number of hydroxylamine groups is 2. The number of hydrogen-bond donors (Lipinski definition) is 0. The average Bonchev–Trinajstić information content (AvgIpc) is 3.44. The van der Waals surface area contributed by atoms with E-state index in [2.05, 4.69) is 41.5 Å². The fourth-order valence-electron chi connectivity index (χ4n) is 5.85. The Hall–Kier alpha value is -1.80. The van der Waals surface area contributed by atoms with Gasteiger partial charge in [-0.2, -0.15) is 5.06 Å². The highest BCUT2D eigenvalue weighted by Crippen LogP contribution is 2.59. The van der Waals surface area contributed by atoms with Crippen molar-refractivity contribution in [2.45, 2.75) is 69.3 Å². The number of ether oxygens (including phenoxy) is 4. The van der Waals surface area contributed by atoms with E-state index in [4.69, 9.17) is 23.8 Å². The normalized spacial score (nSPS) is 38.2. The molecule has 2 aromatic carbocycles. The van der Waals surface area contributed by atoms with Gasteiger partial charge in [-0.1, -0.05) is 60.7 Å². The van der Waals surface area contributed by atoms with Gasteiger partial charge in [-0.15, -0.1) is 0 Å². The number of nitrogens with zero attached hydrogens (tertiary/aromatic N) is 1. The molecule has 31 heavy (non-hydrogen) atoms. The predicted molar refractivity (Wildman–Crippen MR) is 112 cm³/mol. The van der Waals surface area contributed by atoms with Gasteiger partial charge >= 0.3 is 0 Å². The molecule has 0 radical (unpaired) electrons. The number of fused-ring (bicyclic) bond motifs is 1. The molecule has 164 valence electrons. The summed E-state index contributed by atoms with van der Waals surface area (Å²) in [6.45, 7) is 5.78. The molecule has 0 aromatic heterocycles. The molecule has 6 atom stereocenters. The Morgan fingerprint density at radius 2 is 1.65 bits per heavy atom. The Kier molecular flexibility index (Phi) is 4.72. The fourth-order valence-corrected chi connectivity index (χ4v) is 5.85. The highest BCUT2D eigenvalue weighted by Gasteiger charge is 2.76. The Morgan fingerprint density at radius 1 is 0.935 bits per heavy atom. The van der Waals surface area contributed by atoms with E-state index < -0.39 is 17.6 Å². The predicted octanol–water partition coefficient (Wildman–Crippen LogP) is 3.65. The van der Waals surface area contributed by atoms with Crippen LogP contribution in [0.15, 0.2) is 60.7 Å². The molecule has 1 spiro atoms. The lowest BCUT2D eigenvalue weighted by atomic mass is 9.82. The minimum atomic E-state index is -0.677. The Balaban J connectivity index is 1.31. The van der Waals surface area contributed by atoms with E-state index in [0.29, 0.717) is 19.8 Å². The first kappa shape index (κ1) is 19.9. The van der Waals surface area contributed by atoms with Crippen LogP contribution in [0.2, 0.25) is 0 Å². The smallest absolute Gasteiger partial charge is 0.189 e. The lowest BCUT2D eigenvalue weighted by Crippen LogP contribution is -2.59. The van der Waals surface area contributed by atoms with Crippen LogP contribution >= 0.6 is 0 Å². The van der Waals surface area contributed by atoms with E-state index in [0.717, 1.165) is 12.0 Å². The molecule has 6 rings (SSSR count). The lowest BCUT2D eigenvalue weighted by molar-refractivity contribution is -0.255. The molecule has 4 aliphatic rings. The Bertz CT molecular complexity index is 922. The molecule has 0 unspecified atom stereocenters. The second-order valence-electron chi connectivity index (χ2n) is 9.45.